The molecular formula is C19H25FN4O3. The molecule has 1 aliphatic heterocycles. The standard InChI is InChI=1S/C19H25FN4O3/c1-13-12-23(9-10-24(13)16-4-2-3-15(20)11-16)17(25)7-8-21-19(27)22-18(26)14-5-6-14/h2-4,11,13-14H,5-10,12H2,1H3,(H2,21,22,26,27)/t13-/m0/s1. The molecule has 1 aromatic rings. The largest absolute Gasteiger partial charge is 0.365 e. The average Bonchev–Trinajstić information content (AvgIpc) is 3.46. The maximum absolute atomic E-state index is 13.4. The molecule has 1 aromatic carbocycles. The summed E-state index contributed by atoms with van der Waals surface area (Å²) >= 11 is 0. The smallest absolute Gasteiger partial charge is 0.321 e. The van der Waals surface area contributed by atoms with Crippen LogP contribution in [0.3, 0.4) is 0 Å². The third-order valence-electron chi connectivity index (χ3n) is 4.93. The van der Waals surface area contributed by atoms with E-state index in [1.807, 2.05) is 13.0 Å². The molecule has 0 aromatic heterocycles. The maximum Gasteiger partial charge on any atom is 0.321 e. The molecule has 0 bridgehead atoms. The van der Waals surface area contributed by atoms with Crippen molar-refractivity contribution in [2.45, 2.75) is 32.2 Å². The molecule has 8 heteroatoms. The molecule has 27 heavy (non-hydrogen) atoms. The fraction of sp³-hybridized carbons (Fsp3) is 0.526. The van der Waals surface area contributed by atoms with E-state index in [9.17, 15) is 18.8 Å². The Morgan fingerprint density at radius 1 is 1.22 bits per heavy atom. The lowest BCUT2D eigenvalue weighted by atomic mass is 10.1. The van der Waals surface area contributed by atoms with Gasteiger partial charge in [0.05, 0.1) is 0 Å². The minimum atomic E-state index is -0.552. The third kappa shape index (κ3) is 5.18. The van der Waals surface area contributed by atoms with Gasteiger partial charge >= 0.3 is 6.03 Å². The molecule has 1 aliphatic carbocycles. The Bertz CT molecular complexity index is 723. The molecule has 1 atom stereocenters. The highest BCUT2D eigenvalue weighted by atomic mass is 19.1. The second-order valence-corrected chi connectivity index (χ2v) is 7.13. The first-order chi connectivity index (χ1) is 12.9. The van der Waals surface area contributed by atoms with Gasteiger partial charge in [0.1, 0.15) is 5.82 Å². The highest BCUT2D eigenvalue weighted by Crippen LogP contribution is 2.28. The van der Waals surface area contributed by atoms with Gasteiger partial charge in [-0.25, -0.2) is 9.18 Å². The number of imide groups is 1. The van der Waals surface area contributed by atoms with E-state index in [2.05, 4.69) is 15.5 Å². The molecule has 1 saturated carbocycles. The Kier molecular flexibility index (Phi) is 5.93. The van der Waals surface area contributed by atoms with Gasteiger partial charge in [-0.05, 0) is 38.0 Å². The van der Waals surface area contributed by atoms with E-state index in [1.54, 1.807) is 11.0 Å². The fourth-order valence-electron chi connectivity index (χ4n) is 3.27. The van der Waals surface area contributed by atoms with Crippen molar-refractivity contribution < 1.29 is 18.8 Å². The van der Waals surface area contributed by atoms with Gasteiger partial charge in [0, 0.05) is 50.2 Å². The highest BCUT2D eigenvalue weighted by Gasteiger charge is 2.31. The van der Waals surface area contributed by atoms with Crippen LogP contribution in [0.5, 0.6) is 0 Å². The number of rotatable bonds is 5. The minimum Gasteiger partial charge on any atom is -0.365 e. The third-order valence-corrected chi connectivity index (χ3v) is 4.93. The number of nitrogens with one attached hydrogen (secondary N) is 2. The van der Waals surface area contributed by atoms with Crippen LogP contribution in [0.25, 0.3) is 0 Å². The van der Waals surface area contributed by atoms with Crippen LogP contribution in [0.1, 0.15) is 26.2 Å². The van der Waals surface area contributed by atoms with Crippen molar-refractivity contribution in [2.24, 2.45) is 5.92 Å². The first kappa shape index (κ1) is 19.1. The Hall–Kier alpha value is -2.64. The van der Waals surface area contributed by atoms with Crippen molar-refractivity contribution >= 4 is 23.5 Å². The number of carbonyl (C=O) groups is 3. The molecule has 146 valence electrons. The van der Waals surface area contributed by atoms with Gasteiger partial charge in [-0.1, -0.05) is 6.07 Å². The summed E-state index contributed by atoms with van der Waals surface area (Å²) in [5.41, 5.74) is 0.813. The number of piperazine rings is 1. The number of hydrogen-bond acceptors (Lipinski definition) is 4. The predicted octanol–water partition coefficient (Wildman–Crippen LogP) is 1.49. The Labute approximate surface area is 157 Å². The molecule has 3 rings (SSSR count). The predicted molar refractivity (Wildman–Crippen MR) is 98.7 cm³/mol. The van der Waals surface area contributed by atoms with Gasteiger partial charge in [-0.15, -0.1) is 0 Å². The molecule has 2 N–H and O–H groups in total. The van der Waals surface area contributed by atoms with Crippen molar-refractivity contribution in [2.75, 3.05) is 31.1 Å². The van der Waals surface area contributed by atoms with Crippen molar-refractivity contribution in [3.8, 4) is 0 Å². The van der Waals surface area contributed by atoms with Crippen LogP contribution >= 0.6 is 0 Å². The van der Waals surface area contributed by atoms with E-state index in [1.165, 1.54) is 12.1 Å². The number of anilines is 1. The SMILES string of the molecule is C[C@H]1CN(C(=O)CCNC(=O)NC(=O)C2CC2)CCN1c1cccc(F)c1. The summed E-state index contributed by atoms with van der Waals surface area (Å²) < 4.78 is 13.4. The van der Waals surface area contributed by atoms with Crippen LogP contribution in [0.15, 0.2) is 24.3 Å². The summed E-state index contributed by atoms with van der Waals surface area (Å²) in [5.74, 6) is -0.605. The summed E-state index contributed by atoms with van der Waals surface area (Å²) in [7, 11) is 0. The molecule has 1 heterocycles. The summed E-state index contributed by atoms with van der Waals surface area (Å²) in [6.07, 6.45) is 1.84. The molecule has 2 fully saturated rings. The second kappa shape index (κ2) is 8.37. The van der Waals surface area contributed by atoms with E-state index < -0.39 is 6.03 Å². The van der Waals surface area contributed by atoms with Crippen LogP contribution < -0.4 is 15.5 Å². The van der Waals surface area contributed by atoms with Gasteiger partial charge in [-0.3, -0.25) is 14.9 Å². The minimum absolute atomic E-state index is 0.0340. The Morgan fingerprint density at radius 2 is 2.00 bits per heavy atom. The number of hydrogen-bond donors (Lipinski definition) is 2. The second-order valence-electron chi connectivity index (χ2n) is 7.13. The van der Waals surface area contributed by atoms with Gasteiger partial charge in [0.2, 0.25) is 11.8 Å². The van der Waals surface area contributed by atoms with E-state index in [4.69, 9.17) is 0 Å². The molecule has 0 radical (unpaired) electrons. The zero-order chi connectivity index (χ0) is 19.4. The zero-order valence-corrected chi connectivity index (χ0v) is 15.4. The van der Waals surface area contributed by atoms with Crippen LogP contribution in [-0.2, 0) is 9.59 Å². The van der Waals surface area contributed by atoms with Gasteiger partial charge in [-0.2, -0.15) is 0 Å². The van der Waals surface area contributed by atoms with E-state index in [-0.39, 0.29) is 42.6 Å². The van der Waals surface area contributed by atoms with Crippen molar-refractivity contribution in [1.29, 1.82) is 0 Å². The molecule has 0 unspecified atom stereocenters. The van der Waals surface area contributed by atoms with Crippen LogP contribution in [0.2, 0.25) is 0 Å². The Balaban J connectivity index is 1.41. The van der Waals surface area contributed by atoms with E-state index in [0.29, 0.717) is 19.6 Å². The number of urea groups is 1. The lowest BCUT2D eigenvalue weighted by Gasteiger charge is -2.41. The number of benzene rings is 1. The number of halogens is 1. The van der Waals surface area contributed by atoms with Crippen LogP contribution in [0.4, 0.5) is 14.9 Å². The molecule has 0 spiro atoms. The number of amides is 4. The van der Waals surface area contributed by atoms with Crippen molar-refractivity contribution in [3.05, 3.63) is 30.1 Å². The van der Waals surface area contributed by atoms with Crippen LogP contribution in [-0.4, -0.2) is 55.0 Å². The van der Waals surface area contributed by atoms with Gasteiger partial charge in [0.25, 0.3) is 0 Å². The summed E-state index contributed by atoms with van der Waals surface area (Å²) in [6.45, 7) is 3.90. The maximum atomic E-state index is 13.4. The van der Waals surface area contributed by atoms with Gasteiger partial charge < -0.3 is 15.1 Å². The lowest BCUT2D eigenvalue weighted by molar-refractivity contribution is -0.131. The first-order valence-electron chi connectivity index (χ1n) is 9.32. The van der Waals surface area contributed by atoms with E-state index >= 15 is 0 Å². The highest BCUT2D eigenvalue weighted by molar-refractivity contribution is 5.96. The summed E-state index contributed by atoms with van der Waals surface area (Å²) in [4.78, 5) is 39.3. The Morgan fingerprint density at radius 3 is 2.67 bits per heavy atom. The summed E-state index contributed by atoms with van der Waals surface area (Å²) in [6, 6.07) is 5.97. The lowest BCUT2D eigenvalue weighted by Crippen LogP contribution is -2.54. The summed E-state index contributed by atoms with van der Waals surface area (Å²) in [5, 5.41) is 4.83. The normalized spacial score (nSPS) is 19.6. The van der Waals surface area contributed by atoms with Gasteiger partial charge in [0.15, 0.2) is 0 Å². The molecule has 7 nitrogen and oxygen atoms in total. The first-order valence-corrected chi connectivity index (χ1v) is 9.32. The monoisotopic (exact) mass is 376 g/mol. The molecule has 1 saturated heterocycles. The molecular weight excluding hydrogens is 351 g/mol. The fourth-order valence-corrected chi connectivity index (χ4v) is 3.27. The topological polar surface area (TPSA) is 81.8 Å². The number of carbonyl (C=O) groups excluding carboxylic acids is 3. The average molecular weight is 376 g/mol. The quantitative estimate of drug-likeness (QED) is 0.816. The number of nitrogens with zero attached hydrogens (tertiary/aromatic N) is 2. The molecule has 2 aliphatic rings. The van der Waals surface area contributed by atoms with Crippen molar-refractivity contribution in [1.82, 2.24) is 15.5 Å². The van der Waals surface area contributed by atoms with Crippen LogP contribution in [0, 0.1) is 11.7 Å². The molecule has 4 amide bonds. The zero-order valence-electron chi connectivity index (χ0n) is 15.4. The van der Waals surface area contributed by atoms with E-state index in [0.717, 1.165) is 18.5 Å². The van der Waals surface area contributed by atoms with Crippen molar-refractivity contribution in [3.63, 3.8) is 0 Å².